The summed E-state index contributed by atoms with van der Waals surface area (Å²) >= 11 is 0. The molecule has 98 valence electrons. The van der Waals surface area contributed by atoms with Crippen molar-refractivity contribution >= 4 is 18.3 Å². The van der Waals surface area contributed by atoms with E-state index in [2.05, 4.69) is 22.7 Å². The molecule has 0 bridgehead atoms. The Balaban J connectivity index is 0.00000256. The Morgan fingerprint density at radius 3 is 2.71 bits per heavy atom. The third kappa shape index (κ3) is 4.75. The minimum absolute atomic E-state index is 0. The highest BCUT2D eigenvalue weighted by molar-refractivity contribution is 5.92. The molecule has 0 saturated carbocycles. The molecule has 2 N–H and O–H groups in total. The molecule has 1 atom stereocenters. The molecule has 1 amide bonds. The van der Waals surface area contributed by atoms with E-state index in [1.807, 2.05) is 14.0 Å². The number of hydrogen-bond acceptors (Lipinski definition) is 3. The third-order valence-corrected chi connectivity index (χ3v) is 2.59. The lowest BCUT2D eigenvalue weighted by molar-refractivity contribution is 0.0943. The van der Waals surface area contributed by atoms with Crippen molar-refractivity contribution in [3.63, 3.8) is 0 Å². The lowest BCUT2D eigenvalue weighted by Gasteiger charge is -2.10. The second kappa shape index (κ2) is 7.29. The van der Waals surface area contributed by atoms with Gasteiger partial charge < -0.3 is 10.6 Å². The molecule has 1 heterocycles. The zero-order valence-corrected chi connectivity index (χ0v) is 11.6. The van der Waals surface area contributed by atoms with E-state index in [0.717, 1.165) is 12.1 Å². The molecule has 0 fully saturated rings. The van der Waals surface area contributed by atoms with Crippen LogP contribution in [-0.4, -0.2) is 35.3 Å². The number of hydrogen-bond donors (Lipinski definition) is 2. The van der Waals surface area contributed by atoms with Crippen molar-refractivity contribution in [3.05, 3.63) is 17.5 Å². The summed E-state index contributed by atoms with van der Waals surface area (Å²) in [4.78, 5) is 11.8. The first-order valence-electron chi connectivity index (χ1n) is 5.50. The Kier molecular flexibility index (Phi) is 6.83. The van der Waals surface area contributed by atoms with Crippen LogP contribution >= 0.6 is 12.4 Å². The Morgan fingerprint density at radius 2 is 2.24 bits per heavy atom. The van der Waals surface area contributed by atoms with Gasteiger partial charge in [0.15, 0.2) is 0 Å². The summed E-state index contributed by atoms with van der Waals surface area (Å²) in [5.74, 6) is -0.0635. The van der Waals surface area contributed by atoms with Gasteiger partial charge in [0.1, 0.15) is 5.69 Å². The Hall–Kier alpha value is -1.07. The molecule has 0 aliphatic carbocycles. The standard InChI is InChI=1S/C11H20N4O.ClH/c1-8(12-3)5-6-13-11(16)10-7-9(2)14-15(10)4;/h7-8,12H,5-6H2,1-4H3,(H,13,16);1H. The predicted octanol–water partition coefficient (Wildman–Crippen LogP) is 0.878. The second-order valence-corrected chi connectivity index (χ2v) is 4.03. The normalized spacial score (nSPS) is 11.8. The Bertz CT molecular complexity index is 364. The van der Waals surface area contributed by atoms with Crippen molar-refractivity contribution < 1.29 is 4.79 Å². The van der Waals surface area contributed by atoms with E-state index in [1.165, 1.54) is 0 Å². The summed E-state index contributed by atoms with van der Waals surface area (Å²) in [6.45, 7) is 4.63. The lowest BCUT2D eigenvalue weighted by Crippen LogP contribution is -2.31. The van der Waals surface area contributed by atoms with Crippen LogP contribution in [0.4, 0.5) is 0 Å². The molecule has 0 spiro atoms. The highest BCUT2D eigenvalue weighted by Crippen LogP contribution is 2.01. The molecule has 0 aromatic carbocycles. The number of amides is 1. The van der Waals surface area contributed by atoms with E-state index in [9.17, 15) is 4.79 Å². The van der Waals surface area contributed by atoms with Crippen LogP contribution in [0.5, 0.6) is 0 Å². The summed E-state index contributed by atoms with van der Waals surface area (Å²) in [5.41, 5.74) is 1.46. The van der Waals surface area contributed by atoms with Crippen LogP contribution in [0.15, 0.2) is 6.07 Å². The van der Waals surface area contributed by atoms with E-state index >= 15 is 0 Å². The van der Waals surface area contributed by atoms with Gasteiger partial charge >= 0.3 is 0 Å². The molecular formula is C11H21ClN4O. The van der Waals surface area contributed by atoms with Crippen LogP contribution in [0.25, 0.3) is 0 Å². The Morgan fingerprint density at radius 1 is 1.59 bits per heavy atom. The van der Waals surface area contributed by atoms with Crippen LogP contribution in [0.1, 0.15) is 29.5 Å². The number of carbonyl (C=O) groups is 1. The van der Waals surface area contributed by atoms with Gasteiger partial charge in [0.05, 0.1) is 5.69 Å². The van der Waals surface area contributed by atoms with E-state index in [-0.39, 0.29) is 18.3 Å². The first kappa shape index (κ1) is 15.9. The summed E-state index contributed by atoms with van der Waals surface area (Å²) in [5, 5.41) is 10.1. The van der Waals surface area contributed by atoms with Crippen LogP contribution in [0.3, 0.4) is 0 Å². The van der Waals surface area contributed by atoms with Gasteiger partial charge in [-0.05, 0) is 33.4 Å². The topological polar surface area (TPSA) is 58.9 Å². The van der Waals surface area contributed by atoms with Crippen molar-refractivity contribution in [2.24, 2.45) is 7.05 Å². The van der Waals surface area contributed by atoms with Crippen molar-refractivity contribution in [2.75, 3.05) is 13.6 Å². The third-order valence-electron chi connectivity index (χ3n) is 2.59. The maximum Gasteiger partial charge on any atom is 0.269 e. The average molecular weight is 261 g/mol. The first-order chi connectivity index (χ1) is 7.54. The van der Waals surface area contributed by atoms with Gasteiger partial charge in [-0.2, -0.15) is 5.10 Å². The van der Waals surface area contributed by atoms with Crippen molar-refractivity contribution in [1.82, 2.24) is 20.4 Å². The zero-order chi connectivity index (χ0) is 12.1. The molecule has 0 saturated heterocycles. The monoisotopic (exact) mass is 260 g/mol. The van der Waals surface area contributed by atoms with Gasteiger partial charge in [-0.1, -0.05) is 0 Å². The number of halogens is 1. The second-order valence-electron chi connectivity index (χ2n) is 4.03. The van der Waals surface area contributed by atoms with Crippen LogP contribution < -0.4 is 10.6 Å². The van der Waals surface area contributed by atoms with Crippen LogP contribution in [0.2, 0.25) is 0 Å². The van der Waals surface area contributed by atoms with Gasteiger partial charge in [-0.15, -0.1) is 12.4 Å². The van der Waals surface area contributed by atoms with Gasteiger partial charge in [0.2, 0.25) is 0 Å². The number of aryl methyl sites for hydroxylation is 2. The maximum absolute atomic E-state index is 11.8. The lowest BCUT2D eigenvalue weighted by atomic mass is 10.2. The van der Waals surface area contributed by atoms with E-state index in [0.29, 0.717) is 18.3 Å². The number of rotatable bonds is 5. The van der Waals surface area contributed by atoms with E-state index in [4.69, 9.17) is 0 Å². The highest BCUT2D eigenvalue weighted by atomic mass is 35.5. The van der Waals surface area contributed by atoms with Gasteiger partial charge in [0, 0.05) is 19.6 Å². The minimum atomic E-state index is -0.0635. The molecular weight excluding hydrogens is 240 g/mol. The van der Waals surface area contributed by atoms with Gasteiger partial charge in [0.25, 0.3) is 5.91 Å². The number of carbonyl (C=O) groups excluding carboxylic acids is 1. The van der Waals surface area contributed by atoms with Gasteiger partial charge in [-0.25, -0.2) is 0 Å². The predicted molar refractivity (Wildman–Crippen MR) is 70.7 cm³/mol. The van der Waals surface area contributed by atoms with E-state index < -0.39 is 0 Å². The molecule has 0 radical (unpaired) electrons. The highest BCUT2D eigenvalue weighted by Gasteiger charge is 2.11. The molecule has 1 rings (SSSR count). The SMILES string of the molecule is CNC(C)CCNC(=O)c1cc(C)nn1C.Cl. The van der Waals surface area contributed by atoms with Crippen LogP contribution in [-0.2, 0) is 7.05 Å². The number of aromatic nitrogens is 2. The fourth-order valence-corrected chi connectivity index (χ4v) is 1.46. The van der Waals surface area contributed by atoms with E-state index in [1.54, 1.807) is 17.8 Å². The molecule has 1 aromatic heterocycles. The molecule has 5 nitrogen and oxygen atoms in total. The Labute approximate surface area is 108 Å². The average Bonchev–Trinajstić information content (AvgIpc) is 2.57. The number of nitrogens with zero attached hydrogens (tertiary/aromatic N) is 2. The van der Waals surface area contributed by atoms with Gasteiger partial charge in [-0.3, -0.25) is 9.48 Å². The summed E-state index contributed by atoms with van der Waals surface area (Å²) in [6, 6.07) is 2.20. The quantitative estimate of drug-likeness (QED) is 0.826. The number of nitrogens with one attached hydrogen (secondary N) is 2. The maximum atomic E-state index is 11.8. The summed E-state index contributed by atoms with van der Waals surface area (Å²) < 4.78 is 1.60. The minimum Gasteiger partial charge on any atom is -0.351 e. The largest absolute Gasteiger partial charge is 0.351 e. The van der Waals surface area contributed by atoms with Crippen molar-refractivity contribution in [3.8, 4) is 0 Å². The van der Waals surface area contributed by atoms with Crippen molar-refractivity contribution in [1.29, 1.82) is 0 Å². The molecule has 6 heteroatoms. The fourth-order valence-electron chi connectivity index (χ4n) is 1.46. The van der Waals surface area contributed by atoms with Crippen LogP contribution in [0, 0.1) is 6.92 Å². The summed E-state index contributed by atoms with van der Waals surface area (Å²) in [6.07, 6.45) is 0.916. The molecule has 1 unspecified atom stereocenters. The molecule has 0 aliphatic rings. The zero-order valence-electron chi connectivity index (χ0n) is 10.8. The first-order valence-corrected chi connectivity index (χ1v) is 5.50. The molecule has 17 heavy (non-hydrogen) atoms. The van der Waals surface area contributed by atoms with Crippen molar-refractivity contribution in [2.45, 2.75) is 26.3 Å². The molecule has 1 aromatic rings. The molecule has 0 aliphatic heterocycles. The smallest absolute Gasteiger partial charge is 0.269 e. The fraction of sp³-hybridized carbons (Fsp3) is 0.636. The summed E-state index contributed by atoms with van der Waals surface area (Å²) in [7, 11) is 3.69.